The highest BCUT2D eigenvalue weighted by Gasteiger charge is 2.29. The van der Waals surface area contributed by atoms with Crippen LogP contribution >= 0.6 is 0 Å². The lowest BCUT2D eigenvalue weighted by Crippen LogP contribution is -2.46. The third-order valence-corrected chi connectivity index (χ3v) is 4.21. The minimum Gasteiger partial charge on any atom is -0.356 e. The Balaban J connectivity index is 2.01. The normalized spacial score (nSPS) is 18.2. The number of amides is 1. The summed E-state index contributed by atoms with van der Waals surface area (Å²) in [5, 5.41) is 3.03. The molecule has 0 saturated heterocycles. The molecule has 1 amide bonds. The fourth-order valence-corrected chi connectivity index (χ4v) is 2.95. The largest absolute Gasteiger partial charge is 0.356 e. The fraction of sp³-hybridized carbons (Fsp3) is 0.938. The van der Waals surface area contributed by atoms with Crippen LogP contribution in [0.4, 0.5) is 0 Å². The molecule has 0 heterocycles. The standard InChI is InChI=1S/C16H32N2O/c1-2-3-4-5-6-10-13-18-15(19)14-16(17)11-8-7-9-12-16/h2-14,17H2,1H3,(H,18,19). The molecule has 0 aromatic rings. The molecule has 3 nitrogen and oxygen atoms in total. The van der Waals surface area contributed by atoms with E-state index in [1.807, 2.05) is 0 Å². The first-order valence-corrected chi connectivity index (χ1v) is 8.22. The molecule has 3 heteroatoms. The number of rotatable bonds is 9. The van der Waals surface area contributed by atoms with Crippen molar-refractivity contribution in [3.63, 3.8) is 0 Å². The second-order valence-corrected chi connectivity index (χ2v) is 6.22. The maximum Gasteiger partial charge on any atom is 0.221 e. The first kappa shape index (κ1) is 16.5. The van der Waals surface area contributed by atoms with Crippen LogP contribution in [0.2, 0.25) is 0 Å². The summed E-state index contributed by atoms with van der Waals surface area (Å²) in [5.41, 5.74) is 6.07. The van der Waals surface area contributed by atoms with Crippen LogP contribution in [-0.2, 0) is 4.79 Å². The zero-order valence-electron chi connectivity index (χ0n) is 12.7. The molecule has 0 aromatic heterocycles. The van der Waals surface area contributed by atoms with Crippen molar-refractivity contribution < 1.29 is 4.79 Å². The second kappa shape index (κ2) is 9.35. The highest BCUT2D eigenvalue weighted by Crippen LogP contribution is 2.28. The van der Waals surface area contributed by atoms with Crippen molar-refractivity contribution in [2.45, 2.75) is 89.5 Å². The predicted octanol–water partition coefficient (Wildman–Crippen LogP) is 3.51. The van der Waals surface area contributed by atoms with Gasteiger partial charge in [0.15, 0.2) is 0 Å². The lowest BCUT2D eigenvalue weighted by Gasteiger charge is -2.32. The molecule has 3 N–H and O–H groups in total. The Bertz CT molecular complexity index is 247. The zero-order chi connectivity index (χ0) is 14.0. The Morgan fingerprint density at radius 1 is 1.05 bits per heavy atom. The van der Waals surface area contributed by atoms with E-state index in [2.05, 4.69) is 12.2 Å². The van der Waals surface area contributed by atoms with E-state index in [1.54, 1.807) is 0 Å². The molecular formula is C16H32N2O. The Hall–Kier alpha value is -0.570. The van der Waals surface area contributed by atoms with E-state index in [4.69, 9.17) is 5.73 Å². The molecule has 0 atom stereocenters. The third-order valence-electron chi connectivity index (χ3n) is 4.21. The van der Waals surface area contributed by atoms with Crippen molar-refractivity contribution >= 4 is 5.91 Å². The summed E-state index contributed by atoms with van der Waals surface area (Å²) in [6, 6.07) is 0. The number of unbranched alkanes of at least 4 members (excludes halogenated alkanes) is 5. The van der Waals surface area contributed by atoms with Crippen LogP contribution in [0, 0.1) is 0 Å². The number of nitrogens with two attached hydrogens (primary N) is 1. The molecule has 1 saturated carbocycles. The maximum atomic E-state index is 11.9. The molecular weight excluding hydrogens is 236 g/mol. The van der Waals surface area contributed by atoms with Gasteiger partial charge in [0.25, 0.3) is 0 Å². The van der Waals surface area contributed by atoms with Crippen LogP contribution in [0.3, 0.4) is 0 Å². The summed E-state index contributed by atoms with van der Waals surface area (Å²) in [4.78, 5) is 11.9. The van der Waals surface area contributed by atoms with Crippen LogP contribution in [-0.4, -0.2) is 18.0 Å². The smallest absolute Gasteiger partial charge is 0.221 e. The molecule has 0 bridgehead atoms. The van der Waals surface area contributed by atoms with Crippen molar-refractivity contribution in [1.29, 1.82) is 0 Å². The average Bonchev–Trinajstić information content (AvgIpc) is 2.38. The van der Waals surface area contributed by atoms with Crippen LogP contribution < -0.4 is 11.1 Å². The number of carbonyl (C=O) groups excluding carboxylic acids is 1. The Kier molecular flexibility index (Phi) is 8.11. The number of nitrogens with one attached hydrogen (secondary N) is 1. The van der Waals surface area contributed by atoms with Gasteiger partial charge in [-0.3, -0.25) is 4.79 Å². The van der Waals surface area contributed by atoms with Gasteiger partial charge in [0.1, 0.15) is 0 Å². The van der Waals surface area contributed by atoms with Crippen molar-refractivity contribution in [1.82, 2.24) is 5.32 Å². The molecule has 1 aliphatic rings. The summed E-state index contributed by atoms with van der Waals surface area (Å²) in [5.74, 6) is 0.151. The van der Waals surface area contributed by atoms with Gasteiger partial charge in [0.2, 0.25) is 5.91 Å². The summed E-state index contributed by atoms with van der Waals surface area (Å²) < 4.78 is 0. The predicted molar refractivity (Wildman–Crippen MR) is 81.0 cm³/mol. The molecule has 1 fully saturated rings. The van der Waals surface area contributed by atoms with E-state index in [1.165, 1.54) is 51.4 Å². The third kappa shape index (κ3) is 7.56. The van der Waals surface area contributed by atoms with Gasteiger partial charge in [-0.25, -0.2) is 0 Å². The van der Waals surface area contributed by atoms with Crippen LogP contribution in [0.5, 0.6) is 0 Å². The Morgan fingerprint density at radius 2 is 1.68 bits per heavy atom. The van der Waals surface area contributed by atoms with Crippen molar-refractivity contribution in [2.75, 3.05) is 6.54 Å². The Labute approximate surface area is 118 Å². The topological polar surface area (TPSA) is 55.1 Å². The molecule has 0 spiro atoms. The minimum absolute atomic E-state index is 0.151. The quantitative estimate of drug-likeness (QED) is 0.629. The van der Waals surface area contributed by atoms with Gasteiger partial charge in [0, 0.05) is 18.5 Å². The summed E-state index contributed by atoms with van der Waals surface area (Å²) in [6.45, 7) is 3.05. The van der Waals surface area contributed by atoms with Crippen molar-refractivity contribution in [2.24, 2.45) is 5.73 Å². The lowest BCUT2D eigenvalue weighted by atomic mass is 9.80. The summed E-state index contributed by atoms with van der Waals surface area (Å²) in [6.07, 6.45) is 13.8. The van der Waals surface area contributed by atoms with Crippen LogP contribution in [0.25, 0.3) is 0 Å². The molecule has 0 aliphatic heterocycles. The second-order valence-electron chi connectivity index (χ2n) is 6.22. The van der Waals surface area contributed by atoms with Crippen LogP contribution in [0.15, 0.2) is 0 Å². The lowest BCUT2D eigenvalue weighted by molar-refractivity contribution is -0.122. The van der Waals surface area contributed by atoms with E-state index < -0.39 is 0 Å². The molecule has 19 heavy (non-hydrogen) atoms. The average molecular weight is 268 g/mol. The van der Waals surface area contributed by atoms with Crippen LogP contribution in [0.1, 0.15) is 84.0 Å². The van der Waals surface area contributed by atoms with E-state index in [9.17, 15) is 4.79 Å². The molecule has 0 unspecified atom stereocenters. The highest BCUT2D eigenvalue weighted by molar-refractivity contribution is 5.77. The zero-order valence-corrected chi connectivity index (χ0v) is 12.7. The van der Waals surface area contributed by atoms with E-state index in [-0.39, 0.29) is 11.4 Å². The molecule has 0 aromatic carbocycles. The fourth-order valence-electron chi connectivity index (χ4n) is 2.95. The van der Waals surface area contributed by atoms with Gasteiger partial charge in [-0.05, 0) is 19.3 Å². The summed E-state index contributed by atoms with van der Waals surface area (Å²) >= 11 is 0. The first-order chi connectivity index (χ1) is 9.16. The molecule has 1 aliphatic carbocycles. The van der Waals surface area contributed by atoms with Crippen molar-refractivity contribution in [3.05, 3.63) is 0 Å². The van der Waals surface area contributed by atoms with Gasteiger partial charge in [-0.15, -0.1) is 0 Å². The van der Waals surface area contributed by atoms with E-state index in [0.29, 0.717) is 6.42 Å². The van der Waals surface area contributed by atoms with E-state index in [0.717, 1.165) is 25.8 Å². The number of carbonyl (C=O) groups is 1. The molecule has 1 rings (SSSR count). The molecule has 112 valence electrons. The number of hydrogen-bond donors (Lipinski definition) is 2. The van der Waals surface area contributed by atoms with Crippen molar-refractivity contribution in [3.8, 4) is 0 Å². The summed E-state index contributed by atoms with van der Waals surface area (Å²) in [7, 11) is 0. The minimum atomic E-state index is -0.219. The van der Waals surface area contributed by atoms with Gasteiger partial charge in [-0.1, -0.05) is 58.3 Å². The van der Waals surface area contributed by atoms with E-state index >= 15 is 0 Å². The van der Waals surface area contributed by atoms with Gasteiger partial charge < -0.3 is 11.1 Å². The van der Waals surface area contributed by atoms with Gasteiger partial charge in [0.05, 0.1) is 0 Å². The Morgan fingerprint density at radius 3 is 2.37 bits per heavy atom. The van der Waals surface area contributed by atoms with Gasteiger partial charge in [-0.2, -0.15) is 0 Å². The molecule has 0 radical (unpaired) electrons. The highest BCUT2D eigenvalue weighted by atomic mass is 16.1. The monoisotopic (exact) mass is 268 g/mol. The first-order valence-electron chi connectivity index (χ1n) is 8.22. The number of hydrogen-bond acceptors (Lipinski definition) is 2. The SMILES string of the molecule is CCCCCCCCNC(=O)CC1(N)CCCCC1. The maximum absolute atomic E-state index is 11.9. The van der Waals surface area contributed by atoms with Gasteiger partial charge >= 0.3 is 0 Å².